The van der Waals surface area contributed by atoms with E-state index in [4.69, 9.17) is 4.74 Å². The number of hydrogen-bond acceptors (Lipinski definition) is 2. The lowest BCUT2D eigenvalue weighted by Gasteiger charge is -2.40. The van der Waals surface area contributed by atoms with Gasteiger partial charge in [0.15, 0.2) is 0 Å². The molecule has 0 aromatic heterocycles. The summed E-state index contributed by atoms with van der Waals surface area (Å²) in [6, 6.07) is 0. The van der Waals surface area contributed by atoms with Gasteiger partial charge >= 0.3 is 5.97 Å². The summed E-state index contributed by atoms with van der Waals surface area (Å²) in [5.74, 6) is 1.83. The van der Waals surface area contributed by atoms with E-state index in [1.54, 1.807) is 0 Å². The molecule has 1 rings (SSSR count). The van der Waals surface area contributed by atoms with E-state index in [-0.39, 0.29) is 22.9 Å². The Hall–Kier alpha value is -0.530. The second-order valence-electron chi connectivity index (χ2n) is 9.53. The Bertz CT molecular complexity index is 354. The number of ether oxygens (including phenoxy) is 1. The fourth-order valence-electron chi connectivity index (χ4n) is 3.64. The highest BCUT2D eigenvalue weighted by molar-refractivity contribution is 5.73. The molecule has 0 aliphatic heterocycles. The third-order valence-electron chi connectivity index (χ3n) is 5.40. The Kier molecular flexibility index (Phi) is 6.53. The lowest BCUT2D eigenvalue weighted by molar-refractivity contribution is -0.173. The molecule has 22 heavy (non-hydrogen) atoms. The van der Waals surface area contributed by atoms with Gasteiger partial charge in [-0.3, -0.25) is 4.79 Å². The Morgan fingerprint density at radius 2 is 1.55 bits per heavy atom. The van der Waals surface area contributed by atoms with Gasteiger partial charge in [-0.15, -0.1) is 0 Å². The molecule has 0 N–H and O–H groups in total. The van der Waals surface area contributed by atoms with Crippen LogP contribution < -0.4 is 0 Å². The molecule has 0 aromatic rings. The molecule has 130 valence electrons. The summed E-state index contributed by atoms with van der Waals surface area (Å²) >= 11 is 0. The number of hydrogen-bond donors (Lipinski definition) is 0. The van der Waals surface area contributed by atoms with E-state index >= 15 is 0 Å². The maximum Gasteiger partial charge on any atom is 0.310 e. The highest BCUT2D eigenvalue weighted by Crippen LogP contribution is 2.39. The first-order valence-electron chi connectivity index (χ1n) is 9.16. The van der Waals surface area contributed by atoms with Crippen molar-refractivity contribution in [2.24, 2.45) is 29.1 Å². The largest absolute Gasteiger partial charge is 0.459 e. The molecule has 1 fully saturated rings. The van der Waals surface area contributed by atoms with Crippen molar-refractivity contribution in [2.75, 3.05) is 0 Å². The zero-order valence-electron chi connectivity index (χ0n) is 16.2. The Balaban J connectivity index is 2.74. The first-order valence-corrected chi connectivity index (χ1v) is 9.16. The van der Waals surface area contributed by atoms with Gasteiger partial charge in [-0.1, -0.05) is 54.4 Å². The molecule has 1 aliphatic rings. The average Bonchev–Trinajstić information content (AvgIpc) is 2.34. The van der Waals surface area contributed by atoms with Crippen LogP contribution in [-0.4, -0.2) is 11.6 Å². The molecule has 0 aromatic carbocycles. The Morgan fingerprint density at radius 1 is 1.05 bits per heavy atom. The summed E-state index contributed by atoms with van der Waals surface area (Å²) in [7, 11) is 0. The van der Waals surface area contributed by atoms with Gasteiger partial charge in [0.2, 0.25) is 0 Å². The van der Waals surface area contributed by atoms with Crippen LogP contribution >= 0.6 is 0 Å². The van der Waals surface area contributed by atoms with E-state index in [1.807, 2.05) is 0 Å². The van der Waals surface area contributed by atoms with E-state index in [1.165, 1.54) is 25.7 Å². The third-order valence-corrected chi connectivity index (χ3v) is 5.40. The van der Waals surface area contributed by atoms with Crippen molar-refractivity contribution in [1.82, 2.24) is 0 Å². The third kappa shape index (κ3) is 5.59. The highest BCUT2D eigenvalue weighted by atomic mass is 16.6. The maximum absolute atomic E-state index is 12.8. The molecule has 0 spiro atoms. The average molecular weight is 311 g/mol. The van der Waals surface area contributed by atoms with Crippen LogP contribution in [0.5, 0.6) is 0 Å². The van der Waals surface area contributed by atoms with Gasteiger partial charge in [0.05, 0.1) is 5.92 Å². The van der Waals surface area contributed by atoms with Gasteiger partial charge in [-0.05, 0) is 56.3 Å². The zero-order chi connectivity index (χ0) is 17.1. The van der Waals surface area contributed by atoms with Crippen molar-refractivity contribution in [1.29, 1.82) is 0 Å². The van der Waals surface area contributed by atoms with Crippen LogP contribution in [0, 0.1) is 29.1 Å². The number of carbonyl (C=O) groups is 1. The first-order chi connectivity index (χ1) is 9.93. The van der Waals surface area contributed by atoms with Crippen LogP contribution in [-0.2, 0) is 9.53 Å². The maximum atomic E-state index is 12.8. The minimum atomic E-state index is -0.336. The molecule has 0 radical (unpaired) electrons. The SMILES string of the molecule is CC(C)CC(C(=O)OC(C)(C)C1CCC(C)CC1)C(C)(C)C. The van der Waals surface area contributed by atoms with Gasteiger partial charge in [-0.25, -0.2) is 0 Å². The monoisotopic (exact) mass is 310 g/mol. The van der Waals surface area contributed by atoms with Gasteiger partial charge in [-0.2, -0.15) is 0 Å². The molecule has 2 nitrogen and oxygen atoms in total. The lowest BCUT2D eigenvalue weighted by Crippen LogP contribution is -2.42. The fraction of sp³-hybridized carbons (Fsp3) is 0.950. The second kappa shape index (κ2) is 7.36. The lowest BCUT2D eigenvalue weighted by atomic mass is 9.74. The van der Waals surface area contributed by atoms with E-state index in [2.05, 4.69) is 55.4 Å². The minimum Gasteiger partial charge on any atom is -0.459 e. The fourth-order valence-corrected chi connectivity index (χ4v) is 3.64. The first kappa shape index (κ1) is 19.5. The van der Waals surface area contributed by atoms with Crippen molar-refractivity contribution < 1.29 is 9.53 Å². The molecule has 0 heterocycles. The van der Waals surface area contributed by atoms with Gasteiger partial charge < -0.3 is 4.74 Å². The van der Waals surface area contributed by atoms with E-state index in [0.717, 1.165) is 12.3 Å². The standard InChI is InChI=1S/C20H38O2/c1-14(2)13-17(19(4,5)6)18(21)22-20(7,8)16-11-9-15(3)10-12-16/h14-17H,9-13H2,1-8H3. The molecule has 0 saturated heterocycles. The normalized spacial score (nSPS) is 25.1. The topological polar surface area (TPSA) is 26.3 Å². The van der Waals surface area contributed by atoms with Crippen molar-refractivity contribution in [3.63, 3.8) is 0 Å². The second-order valence-corrected chi connectivity index (χ2v) is 9.53. The Labute approximate surface area is 138 Å². The number of carbonyl (C=O) groups excluding carboxylic acids is 1. The van der Waals surface area contributed by atoms with Crippen LogP contribution in [0.1, 0.15) is 87.5 Å². The molecule has 0 amide bonds. The van der Waals surface area contributed by atoms with Crippen LogP contribution in [0.15, 0.2) is 0 Å². The summed E-state index contributed by atoms with van der Waals surface area (Å²) < 4.78 is 6.06. The molecular formula is C20H38O2. The number of esters is 1. The molecular weight excluding hydrogens is 272 g/mol. The highest BCUT2D eigenvalue weighted by Gasteiger charge is 2.40. The van der Waals surface area contributed by atoms with E-state index < -0.39 is 0 Å². The number of rotatable bonds is 5. The molecule has 1 saturated carbocycles. The van der Waals surface area contributed by atoms with E-state index in [9.17, 15) is 4.79 Å². The zero-order valence-corrected chi connectivity index (χ0v) is 16.2. The van der Waals surface area contributed by atoms with Crippen LogP contribution in [0.4, 0.5) is 0 Å². The van der Waals surface area contributed by atoms with Crippen molar-refractivity contribution in [3.8, 4) is 0 Å². The summed E-state index contributed by atoms with van der Waals surface area (Å²) in [6.45, 7) is 17.4. The van der Waals surface area contributed by atoms with Crippen LogP contribution in [0.2, 0.25) is 0 Å². The smallest absolute Gasteiger partial charge is 0.310 e. The molecule has 1 atom stereocenters. The predicted molar refractivity (Wildman–Crippen MR) is 93.7 cm³/mol. The van der Waals surface area contributed by atoms with Crippen LogP contribution in [0.3, 0.4) is 0 Å². The van der Waals surface area contributed by atoms with Crippen LogP contribution in [0.25, 0.3) is 0 Å². The molecule has 1 aliphatic carbocycles. The predicted octanol–water partition coefficient (Wildman–Crippen LogP) is 5.84. The Morgan fingerprint density at radius 3 is 1.95 bits per heavy atom. The summed E-state index contributed by atoms with van der Waals surface area (Å²) in [5, 5.41) is 0. The quantitative estimate of drug-likeness (QED) is 0.596. The van der Waals surface area contributed by atoms with E-state index in [0.29, 0.717) is 11.8 Å². The van der Waals surface area contributed by atoms with Gasteiger partial charge in [0.25, 0.3) is 0 Å². The summed E-state index contributed by atoms with van der Waals surface area (Å²) in [6.07, 6.45) is 5.80. The summed E-state index contributed by atoms with van der Waals surface area (Å²) in [5.41, 5.74) is -0.379. The molecule has 2 heteroatoms. The molecule has 1 unspecified atom stereocenters. The van der Waals surface area contributed by atoms with Gasteiger partial charge in [0, 0.05) is 0 Å². The minimum absolute atomic E-state index is 0.00446. The van der Waals surface area contributed by atoms with Crippen molar-refractivity contribution >= 4 is 5.97 Å². The van der Waals surface area contributed by atoms with Crippen molar-refractivity contribution in [2.45, 2.75) is 93.1 Å². The summed E-state index contributed by atoms with van der Waals surface area (Å²) in [4.78, 5) is 12.8. The van der Waals surface area contributed by atoms with Gasteiger partial charge in [0.1, 0.15) is 5.60 Å². The molecule has 0 bridgehead atoms. The van der Waals surface area contributed by atoms with Crippen molar-refractivity contribution in [3.05, 3.63) is 0 Å².